The molecule has 146 valence electrons. The van der Waals surface area contributed by atoms with Crippen LogP contribution >= 0.6 is 0 Å². The number of nitrogens with one attached hydrogen (secondary N) is 1. The van der Waals surface area contributed by atoms with Gasteiger partial charge in [0.15, 0.2) is 0 Å². The number of ether oxygens (including phenoxy) is 1. The second kappa shape index (κ2) is 8.84. The molecule has 3 aromatic rings. The Bertz CT molecular complexity index is 1030. The molecule has 0 aliphatic rings. The van der Waals surface area contributed by atoms with Crippen LogP contribution in [0.4, 0.5) is 11.4 Å². The SMILES string of the molecule is COC(=O)c1cccc(NC(=O)c2ccc(C(=O)N(C)c3ccccc3)cc2)c1. The average molecular weight is 388 g/mol. The molecule has 29 heavy (non-hydrogen) atoms. The highest BCUT2D eigenvalue weighted by molar-refractivity contribution is 6.08. The Morgan fingerprint density at radius 1 is 0.793 bits per heavy atom. The summed E-state index contributed by atoms with van der Waals surface area (Å²) in [6.45, 7) is 0. The van der Waals surface area contributed by atoms with Crippen LogP contribution in [0.2, 0.25) is 0 Å². The first-order chi connectivity index (χ1) is 14.0. The maximum absolute atomic E-state index is 12.6. The summed E-state index contributed by atoms with van der Waals surface area (Å²) in [7, 11) is 3.00. The zero-order chi connectivity index (χ0) is 20.8. The van der Waals surface area contributed by atoms with Gasteiger partial charge in [-0.2, -0.15) is 0 Å². The van der Waals surface area contributed by atoms with E-state index in [2.05, 4.69) is 10.1 Å². The molecule has 0 atom stereocenters. The van der Waals surface area contributed by atoms with Crippen molar-refractivity contribution in [3.8, 4) is 0 Å². The van der Waals surface area contributed by atoms with Crippen LogP contribution in [0.5, 0.6) is 0 Å². The van der Waals surface area contributed by atoms with E-state index in [1.54, 1.807) is 54.4 Å². The number of hydrogen-bond donors (Lipinski definition) is 1. The lowest BCUT2D eigenvalue weighted by Gasteiger charge is -2.17. The quantitative estimate of drug-likeness (QED) is 0.671. The van der Waals surface area contributed by atoms with Gasteiger partial charge in [0.2, 0.25) is 0 Å². The smallest absolute Gasteiger partial charge is 0.337 e. The second-order valence-electron chi connectivity index (χ2n) is 6.30. The largest absolute Gasteiger partial charge is 0.465 e. The van der Waals surface area contributed by atoms with Gasteiger partial charge in [0.1, 0.15) is 0 Å². The monoisotopic (exact) mass is 388 g/mol. The molecule has 0 spiro atoms. The van der Waals surface area contributed by atoms with E-state index < -0.39 is 5.97 Å². The Balaban J connectivity index is 1.70. The van der Waals surface area contributed by atoms with Crippen molar-refractivity contribution in [1.29, 1.82) is 0 Å². The third-order valence-corrected chi connectivity index (χ3v) is 4.38. The topological polar surface area (TPSA) is 75.7 Å². The van der Waals surface area contributed by atoms with Crippen molar-refractivity contribution < 1.29 is 19.1 Å². The molecule has 0 aliphatic heterocycles. The first kappa shape index (κ1) is 19.8. The van der Waals surface area contributed by atoms with Gasteiger partial charge >= 0.3 is 5.97 Å². The fourth-order valence-electron chi connectivity index (χ4n) is 2.77. The van der Waals surface area contributed by atoms with E-state index in [-0.39, 0.29) is 11.8 Å². The average Bonchev–Trinajstić information content (AvgIpc) is 2.78. The van der Waals surface area contributed by atoms with Crippen LogP contribution in [0.15, 0.2) is 78.9 Å². The zero-order valence-corrected chi connectivity index (χ0v) is 16.1. The number of carbonyl (C=O) groups is 3. The fourth-order valence-corrected chi connectivity index (χ4v) is 2.77. The highest BCUT2D eigenvalue weighted by Gasteiger charge is 2.15. The molecule has 2 amide bonds. The summed E-state index contributed by atoms with van der Waals surface area (Å²) in [6.07, 6.45) is 0. The van der Waals surface area contributed by atoms with E-state index in [9.17, 15) is 14.4 Å². The molecule has 3 rings (SSSR count). The normalized spacial score (nSPS) is 10.1. The number of benzene rings is 3. The number of amides is 2. The van der Waals surface area contributed by atoms with E-state index in [4.69, 9.17) is 0 Å². The van der Waals surface area contributed by atoms with Crippen molar-refractivity contribution in [1.82, 2.24) is 0 Å². The second-order valence-corrected chi connectivity index (χ2v) is 6.30. The number of methoxy groups -OCH3 is 1. The lowest BCUT2D eigenvalue weighted by atomic mass is 10.1. The molecule has 3 aromatic carbocycles. The van der Waals surface area contributed by atoms with Crippen molar-refractivity contribution >= 4 is 29.2 Å². The minimum absolute atomic E-state index is 0.172. The Morgan fingerprint density at radius 2 is 1.45 bits per heavy atom. The molecule has 0 aliphatic carbocycles. The van der Waals surface area contributed by atoms with Gasteiger partial charge in [0, 0.05) is 29.5 Å². The lowest BCUT2D eigenvalue weighted by Crippen LogP contribution is -2.26. The number of carbonyl (C=O) groups excluding carboxylic acids is 3. The van der Waals surface area contributed by atoms with Gasteiger partial charge in [-0.15, -0.1) is 0 Å². The summed E-state index contributed by atoms with van der Waals surface area (Å²) >= 11 is 0. The summed E-state index contributed by atoms with van der Waals surface area (Å²) in [6, 6.07) is 22.2. The van der Waals surface area contributed by atoms with E-state index in [0.29, 0.717) is 22.4 Å². The van der Waals surface area contributed by atoms with E-state index in [1.165, 1.54) is 13.2 Å². The van der Waals surface area contributed by atoms with Crippen LogP contribution in [0, 0.1) is 0 Å². The van der Waals surface area contributed by atoms with Crippen molar-refractivity contribution in [2.24, 2.45) is 0 Å². The Labute approximate surface area is 168 Å². The molecular formula is C23H20N2O4. The summed E-state index contributed by atoms with van der Waals surface area (Å²) in [5, 5.41) is 2.73. The summed E-state index contributed by atoms with van der Waals surface area (Å²) < 4.78 is 4.68. The predicted molar refractivity (Wildman–Crippen MR) is 111 cm³/mol. The van der Waals surface area contributed by atoms with Crippen LogP contribution in [0.1, 0.15) is 31.1 Å². The molecule has 0 unspecified atom stereocenters. The van der Waals surface area contributed by atoms with E-state index in [0.717, 1.165) is 5.69 Å². The number of anilines is 2. The van der Waals surface area contributed by atoms with Gasteiger partial charge in [-0.05, 0) is 54.6 Å². The number of nitrogens with zero attached hydrogens (tertiary/aromatic N) is 1. The van der Waals surface area contributed by atoms with Gasteiger partial charge in [0.05, 0.1) is 12.7 Å². The van der Waals surface area contributed by atoms with Crippen LogP contribution in [0.25, 0.3) is 0 Å². The zero-order valence-electron chi connectivity index (χ0n) is 16.1. The molecule has 0 heterocycles. The number of esters is 1. The van der Waals surface area contributed by atoms with E-state index in [1.807, 2.05) is 30.3 Å². The summed E-state index contributed by atoms with van der Waals surface area (Å²) in [4.78, 5) is 38.3. The maximum Gasteiger partial charge on any atom is 0.337 e. The Hall–Kier alpha value is -3.93. The molecular weight excluding hydrogens is 368 g/mol. The Kier molecular flexibility index (Phi) is 6.04. The van der Waals surface area contributed by atoms with Gasteiger partial charge in [-0.1, -0.05) is 24.3 Å². The molecule has 0 bridgehead atoms. The third kappa shape index (κ3) is 4.68. The van der Waals surface area contributed by atoms with Gasteiger partial charge in [0.25, 0.3) is 11.8 Å². The first-order valence-electron chi connectivity index (χ1n) is 8.92. The molecule has 6 nitrogen and oxygen atoms in total. The van der Waals surface area contributed by atoms with Crippen molar-refractivity contribution in [2.45, 2.75) is 0 Å². The van der Waals surface area contributed by atoms with Crippen LogP contribution < -0.4 is 10.2 Å². The number of para-hydroxylation sites is 1. The van der Waals surface area contributed by atoms with Crippen molar-refractivity contribution in [3.63, 3.8) is 0 Å². The molecule has 0 aromatic heterocycles. The molecule has 0 radical (unpaired) electrons. The molecule has 1 N–H and O–H groups in total. The summed E-state index contributed by atoms with van der Waals surface area (Å²) in [5.41, 5.74) is 2.47. The maximum atomic E-state index is 12.6. The van der Waals surface area contributed by atoms with Crippen LogP contribution in [0.3, 0.4) is 0 Å². The minimum Gasteiger partial charge on any atom is -0.465 e. The van der Waals surface area contributed by atoms with Crippen molar-refractivity contribution in [3.05, 3.63) is 95.6 Å². The van der Waals surface area contributed by atoms with Gasteiger partial charge in [-0.25, -0.2) is 4.79 Å². The predicted octanol–water partition coefficient (Wildman–Crippen LogP) is 4.00. The fraction of sp³-hybridized carbons (Fsp3) is 0.0870. The van der Waals surface area contributed by atoms with Crippen LogP contribution in [-0.2, 0) is 4.74 Å². The van der Waals surface area contributed by atoms with Gasteiger partial charge < -0.3 is 15.0 Å². The Morgan fingerprint density at radius 3 is 2.10 bits per heavy atom. The molecule has 0 saturated carbocycles. The lowest BCUT2D eigenvalue weighted by molar-refractivity contribution is 0.0600. The molecule has 6 heteroatoms. The highest BCUT2D eigenvalue weighted by Crippen LogP contribution is 2.17. The van der Waals surface area contributed by atoms with E-state index >= 15 is 0 Å². The van der Waals surface area contributed by atoms with Crippen molar-refractivity contribution in [2.75, 3.05) is 24.4 Å². The molecule has 0 saturated heterocycles. The standard InChI is InChI=1S/C23H20N2O4/c1-25(20-9-4-3-5-10-20)22(27)17-13-11-16(12-14-17)21(26)24-19-8-6-7-18(15-19)23(28)29-2/h3-15H,1-2H3,(H,24,26). The minimum atomic E-state index is -0.480. The highest BCUT2D eigenvalue weighted by atomic mass is 16.5. The first-order valence-corrected chi connectivity index (χ1v) is 8.92. The van der Waals surface area contributed by atoms with Crippen LogP contribution in [-0.4, -0.2) is 31.9 Å². The number of hydrogen-bond acceptors (Lipinski definition) is 4. The van der Waals surface area contributed by atoms with Gasteiger partial charge in [-0.3, -0.25) is 9.59 Å². The summed E-state index contributed by atoms with van der Waals surface area (Å²) in [5.74, 6) is -0.997. The number of rotatable bonds is 5. The third-order valence-electron chi connectivity index (χ3n) is 4.38. The molecule has 0 fully saturated rings.